The van der Waals surface area contributed by atoms with Crippen molar-refractivity contribution in [2.75, 3.05) is 13.2 Å². The Morgan fingerprint density at radius 3 is 1.85 bits per heavy atom. The lowest BCUT2D eigenvalue weighted by Crippen LogP contribution is -2.30. The van der Waals surface area contributed by atoms with Crippen molar-refractivity contribution < 1.29 is 36.8 Å². The summed E-state index contributed by atoms with van der Waals surface area (Å²) >= 11 is 0. The Labute approximate surface area is 163 Å². The molecule has 2 aliphatic heterocycles. The number of aliphatic hydroxyl groups is 2. The van der Waals surface area contributed by atoms with E-state index in [2.05, 4.69) is 11.1 Å². The molecule has 0 aromatic rings. The first-order valence-corrected chi connectivity index (χ1v) is 11.4. The van der Waals surface area contributed by atoms with Crippen LogP contribution >= 0.6 is 0 Å². The van der Waals surface area contributed by atoms with E-state index >= 15 is 0 Å². The number of fused-ring (bicyclic) bond motifs is 1. The molecule has 0 aromatic heterocycles. The highest BCUT2D eigenvalue weighted by molar-refractivity contribution is 7.80. The number of hydrogen-bond acceptors (Lipinski definition) is 7. The van der Waals surface area contributed by atoms with Gasteiger partial charge in [-0.05, 0) is 12.8 Å². The van der Waals surface area contributed by atoms with Gasteiger partial charge in [0.15, 0.2) is 0 Å². The van der Waals surface area contributed by atoms with Gasteiger partial charge in [-0.2, -0.15) is 8.42 Å². The predicted molar refractivity (Wildman–Crippen MR) is 101 cm³/mol. The molecule has 2 rings (SSSR count). The van der Waals surface area contributed by atoms with Gasteiger partial charge < -0.3 is 19.7 Å². The zero-order valence-corrected chi connectivity index (χ0v) is 17.3. The van der Waals surface area contributed by atoms with Crippen LogP contribution in [0.1, 0.15) is 71.6 Å². The van der Waals surface area contributed by atoms with Crippen LogP contribution < -0.4 is 0 Å². The van der Waals surface area contributed by atoms with Gasteiger partial charge in [0.1, 0.15) is 24.4 Å². The molecule has 2 fully saturated rings. The molecular formula is C18H36O8S. The van der Waals surface area contributed by atoms with E-state index in [0.29, 0.717) is 12.8 Å². The molecule has 162 valence electrons. The van der Waals surface area contributed by atoms with Crippen molar-refractivity contribution in [2.24, 2.45) is 0 Å². The summed E-state index contributed by atoms with van der Waals surface area (Å²) in [7, 11) is -4.30. The number of unbranched alkanes of at least 4 members (excludes halogenated alkanes) is 5. The van der Waals surface area contributed by atoms with Gasteiger partial charge in [-0.15, -0.1) is 0 Å². The maximum atomic E-state index is 10.7. The second kappa shape index (κ2) is 13.0. The third kappa shape index (κ3) is 10.2. The normalized spacial score (nSPS) is 28.5. The van der Waals surface area contributed by atoms with E-state index in [1.165, 1.54) is 19.3 Å². The average Bonchev–Trinajstić information content (AvgIpc) is 3.15. The van der Waals surface area contributed by atoms with Crippen molar-refractivity contribution >= 4 is 10.4 Å². The lowest BCUT2D eigenvalue weighted by Gasteiger charge is -2.14. The van der Waals surface area contributed by atoms with Crippen LogP contribution in [0.2, 0.25) is 0 Å². The molecule has 0 amide bonds. The van der Waals surface area contributed by atoms with Crippen molar-refractivity contribution in [3.63, 3.8) is 0 Å². The average molecular weight is 413 g/mol. The van der Waals surface area contributed by atoms with Crippen LogP contribution in [-0.4, -0.2) is 66.9 Å². The topological polar surface area (TPSA) is 123 Å². The Morgan fingerprint density at radius 1 is 0.889 bits per heavy atom. The van der Waals surface area contributed by atoms with Crippen molar-refractivity contribution in [3.8, 4) is 0 Å². The van der Waals surface area contributed by atoms with Crippen LogP contribution in [0.15, 0.2) is 0 Å². The second-order valence-electron chi connectivity index (χ2n) is 7.22. The summed E-state index contributed by atoms with van der Waals surface area (Å²) in [6.45, 7) is 4.77. The van der Waals surface area contributed by atoms with Crippen LogP contribution in [0.3, 0.4) is 0 Å². The van der Waals surface area contributed by atoms with Crippen LogP contribution in [0.25, 0.3) is 0 Å². The minimum absolute atomic E-state index is 0.284. The van der Waals surface area contributed by atoms with Gasteiger partial charge >= 0.3 is 10.4 Å². The first kappa shape index (κ1) is 24.7. The lowest BCUT2D eigenvalue weighted by atomic mass is 10.0. The first-order valence-electron chi connectivity index (χ1n) is 10.0. The van der Waals surface area contributed by atoms with Crippen molar-refractivity contribution in [2.45, 2.75) is 102 Å². The summed E-state index contributed by atoms with van der Waals surface area (Å²) in [5.41, 5.74) is 0. The summed E-state index contributed by atoms with van der Waals surface area (Å²) in [5.74, 6) is 0. The Balaban J connectivity index is 0.000000303. The molecule has 2 aliphatic rings. The van der Waals surface area contributed by atoms with E-state index < -0.39 is 22.6 Å². The monoisotopic (exact) mass is 412 g/mol. The largest absolute Gasteiger partial charge is 0.397 e. The van der Waals surface area contributed by atoms with Crippen molar-refractivity contribution in [1.82, 2.24) is 0 Å². The van der Waals surface area contributed by atoms with Crippen molar-refractivity contribution in [3.05, 3.63) is 0 Å². The summed E-state index contributed by atoms with van der Waals surface area (Å²) in [6, 6.07) is 0. The van der Waals surface area contributed by atoms with Crippen molar-refractivity contribution in [1.29, 1.82) is 0 Å². The highest BCUT2D eigenvalue weighted by Crippen LogP contribution is 2.26. The molecule has 0 bridgehead atoms. The molecule has 0 aromatic carbocycles. The fraction of sp³-hybridized carbons (Fsp3) is 1.00. The fourth-order valence-electron chi connectivity index (χ4n) is 3.28. The third-order valence-corrected chi connectivity index (χ3v) is 5.28. The predicted octanol–water partition coefficient (Wildman–Crippen LogP) is 2.23. The molecule has 8 nitrogen and oxygen atoms in total. The molecule has 2 saturated heterocycles. The molecule has 27 heavy (non-hydrogen) atoms. The Kier molecular flexibility index (Phi) is 11.9. The summed E-state index contributed by atoms with van der Waals surface area (Å²) in [5, 5.41) is 18.3. The Morgan fingerprint density at radius 2 is 1.37 bits per heavy atom. The Bertz CT molecular complexity index is 468. The van der Waals surface area contributed by atoms with E-state index in [1.807, 2.05) is 6.92 Å². The standard InChI is InChI=1S/C12H26O4S.C6H10O4/c1-3-5-7-8-9-11-12(10-6-4-2)16-17(13,14)15;7-3-1-9-6-4(8)2-10-5(3)6/h12H,3-11H2,1-2H3,(H,13,14,15);3-8H,1-2H2/t;3-,4+,5-,6-/m.1/s1. The van der Waals surface area contributed by atoms with Crippen LogP contribution in [-0.2, 0) is 24.1 Å². The van der Waals surface area contributed by atoms with Gasteiger partial charge in [-0.1, -0.05) is 58.8 Å². The molecule has 0 radical (unpaired) electrons. The van der Waals surface area contributed by atoms with E-state index in [-0.39, 0.29) is 31.5 Å². The zero-order valence-electron chi connectivity index (χ0n) is 16.5. The molecular weight excluding hydrogens is 376 g/mol. The molecule has 0 saturated carbocycles. The van der Waals surface area contributed by atoms with Crippen LogP contribution in [0.4, 0.5) is 0 Å². The molecule has 1 unspecified atom stereocenters. The molecule has 2 heterocycles. The third-order valence-electron chi connectivity index (χ3n) is 4.77. The van der Waals surface area contributed by atoms with Gasteiger partial charge in [0.25, 0.3) is 0 Å². The second-order valence-corrected chi connectivity index (χ2v) is 8.27. The van der Waals surface area contributed by atoms with E-state index in [4.69, 9.17) is 24.2 Å². The Hall–Kier alpha value is -0.290. The van der Waals surface area contributed by atoms with Gasteiger partial charge in [0, 0.05) is 0 Å². The minimum atomic E-state index is -4.30. The highest BCUT2D eigenvalue weighted by atomic mass is 32.3. The SMILES string of the molecule is CCCCCCCC(CCCC)OS(=O)(=O)O.O[C@@H]1CO[C@H]2[C@@H]1OC[C@@H]2O. The molecule has 3 N–H and O–H groups in total. The zero-order chi connectivity index (χ0) is 20.3. The number of hydrogen-bond donors (Lipinski definition) is 3. The van der Waals surface area contributed by atoms with E-state index in [0.717, 1.165) is 25.7 Å². The maximum Gasteiger partial charge on any atom is 0.397 e. The smallest absolute Gasteiger partial charge is 0.388 e. The number of ether oxygens (including phenoxy) is 2. The molecule has 9 heteroatoms. The quantitative estimate of drug-likeness (QED) is 0.349. The summed E-state index contributed by atoms with van der Waals surface area (Å²) in [6.07, 6.45) is 6.95. The van der Waals surface area contributed by atoms with E-state index in [1.54, 1.807) is 0 Å². The number of aliphatic hydroxyl groups excluding tert-OH is 2. The summed E-state index contributed by atoms with van der Waals surface area (Å²) in [4.78, 5) is 0. The van der Waals surface area contributed by atoms with Gasteiger partial charge in [-0.25, -0.2) is 4.18 Å². The molecule has 0 spiro atoms. The van der Waals surface area contributed by atoms with Crippen LogP contribution in [0, 0.1) is 0 Å². The maximum absolute atomic E-state index is 10.7. The molecule has 0 aliphatic carbocycles. The highest BCUT2D eigenvalue weighted by Gasteiger charge is 2.46. The van der Waals surface area contributed by atoms with E-state index in [9.17, 15) is 8.42 Å². The lowest BCUT2D eigenvalue weighted by molar-refractivity contribution is 0.00205. The molecule has 5 atom stereocenters. The van der Waals surface area contributed by atoms with Gasteiger partial charge in [0.2, 0.25) is 0 Å². The summed E-state index contributed by atoms with van der Waals surface area (Å²) < 4.78 is 44.9. The number of rotatable bonds is 11. The van der Waals surface area contributed by atoms with Gasteiger partial charge in [0.05, 0.1) is 19.3 Å². The minimum Gasteiger partial charge on any atom is -0.388 e. The first-order chi connectivity index (χ1) is 12.8. The van der Waals surface area contributed by atoms with Crippen LogP contribution in [0.5, 0.6) is 0 Å². The van der Waals surface area contributed by atoms with Gasteiger partial charge in [-0.3, -0.25) is 4.55 Å². The fourth-order valence-corrected chi connectivity index (χ4v) is 3.82.